The van der Waals surface area contributed by atoms with Crippen LogP contribution < -0.4 is 0 Å². The summed E-state index contributed by atoms with van der Waals surface area (Å²) in [6.07, 6.45) is 4.65. The van der Waals surface area contributed by atoms with Crippen LogP contribution in [0.25, 0.3) is 0 Å². The van der Waals surface area contributed by atoms with Gasteiger partial charge in [-0.3, -0.25) is 4.39 Å². The molecule has 0 bridgehead atoms. The zero-order valence-corrected chi connectivity index (χ0v) is 8.93. The van der Waals surface area contributed by atoms with Gasteiger partial charge in [0.2, 0.25) is 0 Å². The minimum absolute atomic E-state index is 0.167. The van der Waals surface area contributed by atoms with Gasteiger partial charge in [0, 0.05) is 19.1 Å². The van der Waals surface area contributed by atoms with Crippen LogP contribution in [0.2, 0.25) is 0 Å². The van der Waals surface area contributed by atoms with E-state index in [0.29, 0.717) is 12.5 Å². The fourth-order valence-corrected chi connectivity index (χ4v) is 2.17. The largest absolute Gasteiger partial charge is 0.300 e. The molecule has 0 N–H and O–H groups in total. The normalized spacial score (nSPS) is 30.7. The monoisotopic (exact) mass is 187 g/mol. The van der Waals surface area contributed by atoms with Gasteiger partial charge in [-0.05, 0) is 32.1 Å². The summed E-state index contributed by atoms with van der Waals surface area (Å²) in [7, 11) is 0. The van der Waals surface area contributed by atoms with E-state index < -0.39 is 0 Å². The van der Waals surface area contributed by atoms with Crippen molar-refractivity contribution in [2.45, 2.75) is 45.6 Å². The Bertz CT molecular complexity index is 138. The van der Waals surface area contributed by atoms with Crippen molar-refractivity contribution in [1.29, 1.82) is 0 Å². The Hall–Kier alpha value is -0.110. The topological polar surface area (TPSA) is 3.24 Å². The molecule has 0 aromatic carbocycles. The smallest absolute Gasteiger partial charge is 0.0906 e. The maximum atomic E-state index is 12.0. The standard InChI is InChI=1S/C11H22FN/c1-3-11-6-5-10(2)13(9-11)8-4-7-12/h10-11H,3-9H2,1-2H3. The second kappa shape index (κ2) is 5.58. The molecule has 1 rings (SSSR count). The van der Waals surface area contributed by atoms with E-state index in [1.165, 1.54) is 25.8 Å². The van der Waals surface area contributed by atoms with Gasteiger partial charge in [-0.1, -0.05) is 13.3 Å². The molecule has 0 amide bonds. The number of halogens is 1. The molecular formula is C11H22FN. The molecule has 0 aromatic heterocycles. The molecule has 1 aliphatic rings. The number of hydrogen-bond acceptors (Lipinski definition) is 1. The van der Waals surface area contributed by atoms with E-state index in [2.05, 4.69) is 18.7 Å². The molecule has 2 heteroatoms. The number of piperidine rings is 1. The summed E-state index contributed by atoms with van der Waals surface area (Å²) < 4.78 is 12.0. The van der Waals surface area contributed by atoms with Crippen LogP contribution in [0.15, 0.2) is 0 Å². The van der Waals surface area contributed by atoms with Gasteiger partial charge in [-0.2, -0.15) is 0 Å². The third-order valence-corrected chi connectivity index (χ3v) is 3.27. The molecule has 0 spiro atoms. The summed E-state index contributed by atoms with van der Waals surface area (Å²) in [6, 6.07) is 0.675. The maximum Gasteiger partial charge on any atom is 0.0906 e. The first kappa shape index (κ1) is 11.0. The summed E-state index contributed by atoms with van der Waals surface area (Å²) >= 11 is 0. The molecule has 0 radical (unpaired) electrons. The van der Waals surface area contributed by atoms with Crippen molar-refractivity contribution < 1.29 is 4.39 Å². The molecule has 1 nitrogen and oxygen atoms in total. The van der Waals surface area contributed by atoms with Gasteiger partial charge in [-0.15, -0.1) is 0 Å². The molecule has 0 saturated carbocycles. The van der Waals surface area contributed by atoms with Gasteiger partial charge in [0.25, 0.3) is 0 Å². The molecule has 1 heterocycles. The highest BCUT2D eigenvalue weighted by Crippen LogP contribution is 2.23. The van der Waals surface area contributed by atoms with Gasteiger partial charge in [0.1, 0.15) is 0 Å². The molecule has 0 aliphatic carbocycles. The second-order valence-electron chi connectivity index (χ2n) is 4.24. The molecule has 2 unspecified atom stereocenters. The van der Waals surface area contributed by atoms with Crippen LogP contribution in [-0.4, -0.2) is 30.7 Å². The Balaban J connectivity index is 2.31. The van der Waals surface area contributed by atoms with Crippen LogP contribution in [0, 0.1) is 5.92 Å². The first-order valence-electron chi connectivity index (χ1n) is 5.58. The first-order valence-corrected chi connectivity index (χ1v) is 5.58. The third kappa shape index (κ3) is 3.26. The Morgan fingerprint density at radius 3 is 2.77 bits per heavy atom. The molecule has 78 valence electrons. The summed E-state index contributed by atoms with van der Waals surface area (Å²) in [5, 5.41) is 0. The van der Waals surface area contributed by atoms with E-state index in [0.717, 1.165) is 12.5 Å². The summed E-state index contributed by atoms with van der Waals surface area (Å²) in [4.78, 5) is 2.46. The number of hydrogen-bond donors (Lipinski definition) is 0. The maximum absolute atomic E-state index is 12.0. The lowest BCUT2D eigenvalue weighted by molar-refractivity contribution is 0.112. The number of rotatable bonds is 4. The van der Waals surface area contributed by atoms with Gasteiger partial charge >= 0.3 is 0 Å². The average molecular weight is 187 g/mol. The van der Waals surface area contributed by atoms with Crippen molar-refractivity contribution in [2.24, 2.45) is 5.92 Å². The highest BCUT2D eigenvalue weighted by Gasteiger charge is 2.23. The Morgan fingerprint density at radius 1 is 1.38 bits per heavy atom. The van der Waals surface area contributed by atoms with Crippen LogP contribution in [0.1, 0.15) is 39.5 Å². The van der Waals surface area contributed by atoms with Crippen LogP contribution >= 0.6 is 0 Å². The lowest BCUT2D eigenvalue weighted by Gasteiger charge is -2.37. The van der Waals surface area contributed by atoms with E-state index in [-0.39, 0.29) is 6.67 Å². The Labute approximate surface area is 81.3 Å². The van der Waals surface area contributed by atoms with Gasteiger partial charge < -0.3 is 4.90 Å². The third-order valence-electron chi connectivity index (χ3n) is 3.27. The zero-order chi connectivity index (χ0) is 9.68. The molecule has 0 aromatic rings. The molecule has 2 atom stereocenters. The molecular weight excluding hydrogens is 165 g/mol. The van der Waals surface area contributed by atoms with Gasteiger partial charge in [0.05, 0.1) is 6.67 Å². The number of alkyl halides is 1. The lowest BCUT2D eigenvalue weighted by Crippen LogP contribution is -2.42. The predicted molar refractivity (Wildman–Crippen MR) is 54.6 cm³/mol. The summed E-state index contributed by atoms with van der Waals surface area (Å²) in [5.41, 5.74) is 0. The van der Waals surface area contributed by atoms with Crippen LogP contribution in [0.5, 0.6) is 0 Å². The van der Waals surface area contributed by atoms with E-state index >= 15 is 0 Å². The summed E-state index contributed by atoms with van der Waals surface area (Å²) in [5.74, 6) is 0.857. The van der Waals surface area contributed by atoms with Crippen molar-refractivity contribution in [1.82, 2.24) is 4.90 Å². The van der Waals surface area contributed by atoms with Crippen LogP contribution in [0.4, 0.5) is 4.39 Å². The molecule has 1 aliphatic heterocycles. The highest BCUT2D eigenvalue weighted by molar-refractivity contribution is 4.77. The van der Waals surface area contributed by atoms with E-state index in [1.54, 1.807) is 0 Å². The van der Waals surface area contributed by atoms with Crippen molar-refractivity contribution in [2.75, 3.05) is 19.8 Å². The quantitative estimate of drug-likeness (QED) is 0.654. The predicted octanol–water partition coefficient (Wildman–Crippen LogP) is 2.86. The minimum atomic E-state index is -0.167. The van der Waals surface area contributed by atoms with E-state index in [1.807, 2.05) is 0 Å². The van der Waals surface area contributed by atoms with E-state index in [9.17, 15) is 4.39 Å². The Morgan fingerprint density at radius 2 is 2.15 bits per heavy atom. The average Bonchev–Trinajstić information content (AvgIpc) is 2.17. The first-order chi connectivity index (χ1) is 6.27. The van der Waals surface area contributed by atoms with Crippen molar-refractivity contribution in [3.63, 3.8) is 0 Å². The number of likely N-dealkylation sites (tertiary alicyclic amines) is 1. The SMILES string of the molecule is CCC1CCC(C)N(CCCF)C1. The van der Waals surface area contributed by atoms with Crippen molar-refractivity contribution in [3.05, 3.63) is 0 Å². The number of nitrogens with zero attached hydrogens (tertiary/aromatic N) is 1. The van der Waals surface area contributed by atoms with Crippen molar-refractivity contribution >= 4 is 0 Å². The highest BCUT2D eigenvalue weighted by atomic mass is 19.1. The van der Waals surface area contributed by atoms with Crippen molar-refractivity contribution in [3.8, 4) is 0 Å². The fourth-order valence-electron chi connectivity index (χ4n) is 2.17. The second-order valence-corrected chi connectivity index (χ2v) is 4.24. The molecule has 1 fully saturated rings. The van der Waals surface area contributed by atoms with Gasteiger partial charge in [0.15, 0.2) is 0 Å². The summed E-state index contributed by atoms with van der Waals surface area (Å²) in [6.45, 7) is 6.50. The molecule has 1 saturated heterocycles. The fraction of sp³-hybridized carbons (Fsp3) is 1.00. The molecule has 13 heavy (non-hydrogen) atoms. The lowest BCUT2D eigenvalue weighted by atomic mass is 9.91. The van der Waals surface area contributed by atoms with Crippen LogP contribution in [-0.2, 0) is 0 Å². The zero-order valence-electron chi connectivity index (χ0n) is 8.93. The van der Waals surface area contributed by atoms with E-state index in [4.69, 9.17) is 0 Å². The Kier molecular flexibility index (Phi) is 4.71. The van der Waals surface area contributed by atoms with Crippen LogP contribution in [0.3, 0.4) is 0 Å². The van der Waals surface area contributed by atoms with Gasteiger partial charge in [-0.25, -0.2) is 0 Å². The minimum Gasteiger partial charge on any atom is -0.300 e.